The first-order valence-electron chi connectivity index (χ1n) is 9.07. The first-order chi connectivity index (χ1) is 12.6. The Kier molecular flexibility index (Phi) is 4.51. The first kappa shape index (κ1) is 16.8. The number of hydrogen-bond acceptors (Lipinski definition) is 4. The number of H-pyrrole nitrogens is 1. The third-order valence-corrected chi connectivity index (χ3v) is 4.67. The number of ether oxygens (including phenoxy) is 2. The van der Waals surface area contributed by atoms with E-state index in [-0.39, 0.29) is 12.0 Å². The summed E-state index contributed by atoms with van der Waals surface area (Å²) in [5, 5.41) is 2.90. The van der Waals surface area contributed by atoms with Gasteiger partial charge < -0.3 is 19.8 Å². The molecule has 0 atom stereocenters. The van der Waals surface area contributed by atoms with Crippen molar-refractivity contribution in [3.63, 3.8) is 0 Å². The molecule has 1 fully saturated rings. The summed E-state index contributed by atoms with van der Waals surface area (Å²) in [6, 6.07) is 5.67. The van der Waals surface area contributed by atoms with Crippen LogP contribution in [0, 0.1) is 0 Å². The molecule has 6 heteroatoms. The highest BCUT2D eigenvalue weighted by Crippen LogP contribution is 2.36. The Morgan fingerprint density at radius 1 is 1.31 bits per heavy atom. The molecule has 1 aromatic heterocycles. The molecule has 2 aliphatic heterocycles. The number of aromatic nitrogens is 2. The molecule has 1 aromatic carbocycles. The van der Waals surface area contributed by atoms with Crippen LogP contribution in [0.15, 0.2) is 24.4 Å². The van der Waals surface area contributed by atoms with Gasteiger partial charge in [-0.2, -0.15) is 0 Å². The molecule has 0 bridgehead atoms. The predicted molar refractivity (Wildman–Crippen MR) is 100 cm³/mol. The van der Waals surface area contributed by atoms with E-state index in [1.54, 1.807) is 6.20 Å². The number of carbonyl (C=O) groups is 1. The molecule has 2 aliphatic rings. The molecule has 0 unspecified atom stereocenters. The summed E-state index contributed by atoms with van der Waals surface area (Å²) in [5.41, 5.74) is 3.12. The molecule has 1 amide bonds. The minimum atomic E-state index is -0.107. The highest BCUT2D eigenvalue weighted by molar-refractivity contribution is 6.34. The van der Waals surface area contributed by atoms with E-state index < -0.39 is 0 Å². The number of imidazole rings is 1. The Balaban J connectivity index is 1.62. The second-order valence-corrected chi connectivity index (χ2v) is 7.00. The lowest BCUT2D eigenvalue weighted by molar-refractivity contribution is -0.110. The van der Waals surface area contributed by atoms with E-state index in [1.165, 1.54) is 0 Å². The number of nitrogens with one attached hydrogen (secondary N) is 2. The average molecular weight is 353 g/mol. The van der Waals surface area contributed by atoms with E-state index in [0.29, 0.717) is 11.5 Å². The zero-order chi connectivity index (χ0) is 18.1. The Morgan fingerprint density at radius 3 is 2.88 bits per heavy atom. The fraction of sp³-hybridized carbons (Fsp3) is 0.400. The predicted octanol–water partition coefficient (Wildman–Crippen LogP) is 3.58. The second kappa shape index (κ2) is 6.96. The van der Waals surface area contributed by atoms with E-state index in [4.69, 9.17) is 9.47 Å². The van der Waals surface area contributed by atoms with Gasteiger partial charge in [-0.3, -0.25) is 4.79 Å². The van der Waals surface area contributed by atoms with Crippen molar-refractivity contribution in [3.8, 4) is 5.75 Å². The first-order valence-corrected chi connectivity index (χ1v) is 9.07. The van der Waals surface area contributed by atoms with Crippen LogP contribution in [0.5, 0.6) is 5.75 Å². The molecule has 6 nitrogen and oxygen atoms in total. The largest absolute Gasteiger partial charge is 0.491 e. The number of fused-ring (bicyclic) bond motifs is 1. The number of aromatic amines is 1. The molecular formula is C20H23N3O3. The van der Waals surface area contributed by atoms with E-state index >= 15 is 0 Å². The van der Waals surface area contributed by atoms with Gasteiger partial charge in [0, 0.05) is 30.4 Å². The second-order valence-electron chi connectivity index (χ2n) is 7.00. The minimum Gasteiger partial charge on any atom is -0.491 e. The summed E-state index contributed by atoms with van der Waals surface area (Å²) >= 11 is 0. The SMILES string of the molecule is CC(C)Oc1ccc2c(c1)/C(=C/c1cnc(C3CCOCC3)[nH]1)C(=O)N2. The lowest BCUT2D eigenvalue weighted by Crippen LogP contribution is -2.15. The molecule has 1 saturated heterocycles. The van der Waals surface area contributed by atoms with Crippen molar-refractivity contribution in [2.75, 3.05) is 18.5 Å². The van der Waals surface area contributed by atoms with Gasteiger partial charge in [-0.25, -0.2) is 4.98 Å². The monoisotopic (exact) mass is 353 g/mol. The fourth-order valence-electron chi connectivity index (χ4n) is 3.41. The molecule has 0 saturated carbocycles. The molecule has 0 spiro atoms. The fourth-order valence-corrected chi connectivity index (χ4v) is 3.41. The van der Waals surface area contributed by atoms with Crippen molar-refractivity contribution < 1.29 is 14.3 Å². The van der Waals surface area contributed by atoms with Gasteiger partial charge in [-0.05, 0) is 51.0 Å². The molecule has 3 heterocycles. The van der Waals surface area contributed by atoms with Gasteiger partial charge in [0.25, 0.3) is 5.91 Å². The van der Waals surface area contributed by atoms with Crippen LogP contribution < -0.4 is 10.1 Å². The number of carbonyl (C=O) groups excluding carboxylic acids is 1. The topological polar surface area (TPSA) is 76.2 Å². The van der Waals surface area contributed by atoms with Crippen LogP contribution in [0.4, 0.5) is 5.69 Å². The quantitative estimate of drug-likeness (QED) is 0.824. The Labute approximate surface area is 152 Å². The third-order valence-electron chi connectivity index (χ3n) is 4.67. The summed E-state index contributed by atoms with van der Waals surface area (Å²) in [4.78, 5) is 20.3. The van der Waals surface area contributed by atoms with Crippen LogP contribution >= 0.6 is 0 Å². The molecule has 2 N–H and O–H groups in total. The van der Waals surface area contributed by atoms with Crippen molar-refractivity contribution in [3.05, 3.63) is 41.5 Å². The van der Waals surface area contributed by atoms with Crippen LogP contribution in [0.2, 0.25) is 0 Å². The Bertz CT molecular complexity index is 848. The van der Waals surface area contributed by atoms with Crippen molar-refractivity contribution in [1.29, 1.82) is 0 Å². The van der Waals surface area contributed by atoms with Crippen LogP contribution in [-0.2, 0) is 9.53 Å². The maximum atomic E-state index is 12.4. The zero-order valence-corrected chi connectivity index (χ0v) is 15.0. The molecule has 0 aliphatic carbocycles. The van der Waals surface area contributed by atoms with E-state index in [0.717, 1.165) is 54.6 Å². The molecule has 26 heavy (non-hydrogen) atoms. The smallest absolute Gasteiger partial charge is 0.256 e. The Hall–Kier alpha value is -2.60. The highest BCUT2D eigenvalue weighted by Gasteiger charge is 2.25. The van der Waals surface area contributed by atoms with Gasteiger partial charge in [0.2, 0.25) is 0 Å². The van der Waals surface area contributed by atoms with Gasteiger partial charge in [0.1, 0.15) is 11.6 Å². The van der Waals surface area contributed by atoms with E-state index in [9.17, 15) is 4.79 Å². The summed E-state index contributed by atoms with van der Waals surface area (Å²) in [5.74, 6) is 2.01. The standard InChI is InChI=1S/C20H23N3O3/c1-12(2)26-15-3-4-18-16(10-15)17(20(24)23-18)9-14-11-21-19(22-14)13-5-7-25-8-6-13/h3-4,9-13H,5-8H2,1-2H3,(H,21,22)(H,23,24)/b17-9-. The van der Waals surface area contributed by atoms with Crippen LogP contribution in [-0.4, -0.2) is 35.2 Å². The van der Waals surface area contributed by atoms with Crippen LogP contribution in [0.3, 0.4) is 0 Å². The van der Waals surface area contributed by atoms with Gasteiger partial charge in [-0.15, -0.1) is 0 Å². The van der Waals surface area contributed by atoms with Crippen molar-refractivity contribution in [1.82, 2.24) is 9.97 Å². The van der Waals surface area contributed by atoms with Crippen molar-refractivity contribution >= 4 is 23.2 Å². The molecule has 2 aromatic rings. The average Bonchev–Trinajstić information content (AvgIpc) is 3.21. The summed E-state index contributed by atoms with van der Waals surface area (Å²) in [7, 11) is 0. The number of anilines is 1. The number of benzene rings is 1. The lowest BCUT2D eigenvalue weighted by Gasteiger charge is -2.19. The zero-order valence-electron chi connectivity index (χ0n) is 15.0. The maximum Gasteiger partial charge on any atom is 0.256 e. The van der Waals surface area contributed by atoms with Crippen molar-refractivity contribution in [2.24, 2.45) is 0 Å². The van der Waals surface area contributed by atoms with Crippen molar-refractivity contribution in [2.45, 2.75) is 38.7 Å². The maximum absolute atomic E-state index is 12.4. The molecule has 0 radical (unpaired) electrons. The van der Waals surface area contributed by atoms with E-state index in [1.807, 2.05) is 38.1 Å². The number of amides is 1. The van der Waals surface area contributed by atoms with Crippen LogP contribution in [0.25, 0.3) is 11.6 Å². The number of nitrogens with zero attached hydrogens (tertiary/aromatic N) is 1. The summed E-state index contributed by atoms with van der Waals surface area (Å²) in [6.45, 7) is 5.51. The Morgan fingerprint density at radius 2 is 2.12 bits per heavy atom. The van der Waals surface area contributed by atoms with E-state index in [2.05, 4.69) is 15.3 Å². The molecular weight excluding hydrogens is 330 g/mol. The normalized spacial score (nSPS) is 19.0. The van der Waals surface area contributed by atoms with Crippen LogP contribution in [0.1, 0.15) is 49.7 Å². The molecule has 4 rings (SSSR count). The number of rotatable bonds is 4. The third kappa shape index (κ3) is 3.37. The molecule has 136 valence electrons. The highest BCUT2D eigenvalue weighted by atomic mass is 16.5. The van der Waals surface area contributed by atoms with Gasteiger partial charge >= 0.3 is 0 Å². The van der Waals surface area contributed by atoms with Gasteiger partial charge in [0.05, 0.1) is 23.6 Å². The summed E-state index contributed by atoms with van der Waals surface area (Å²) < 4.78 is 11.2. The van der Waals surface area contributed by atoms with Gasteiger partial charge in [-0.1, -0.05) is 0 Å². The summed E-state index contributed by atoms with van der Waals surface area (Å²) in [6.07, 6.45) is 5.68. The van der Waals surface area contributed by atoms with Gasteiger partial charge in [0.15, 0.2) is 0 Å². The number of hydrogen-bond donors (Lipinski definition) is 2. The lowest BCUT2D eigenvalue weighted by atomic mass is 10.00. The minimum absolute atomic E-state index is 0.0835.